The first kappa shape index (κ1) is 23.7. The monoisotopic (exact) mass is 530 g/mol. The molecule has 1 unspecified atom stereocenters. The van der Waals surface area contributed by atoms with Crippen LogP contribution < -0.4 is 20.1 Å². The van der Waals surface area contributed by atoms with E-state index in [-0.39, 0.29) is 30.1 Å². The maximum Gasteiger partial charge on any atom is 0.191 e. The molecule has 8 heteroatoms. The average Bonchev–Trinajstić information content (AvgIpc) is 3.29. The minimum Gasteiger partial charge on any atom is -0.494 e. The molecule has 2 aromatic rings. The van der Waals surface area contributed by atoms with Crippen molar-refractivity contribution in [3.8, 4) is 11.5 Å². The Morgan fingerprint density at radius 3 is 2.83 bits per heavy atom. The van der Waals surface area contributed by atoms with Gasteiger partial charge in [-0.1, -0.05) is 6.92 Å². The van der Waals surface area contributed by atoms with Crippen molar-refractivity contribution in [1.29, 1.82) is 0 Å². The van der Waals surface area contributed by atoms with Gasteiger partial charge in [0.2, 0.25) is 0 Å². The smallest absolute Gasteiger partial charge is 0.191 e. The predicted molar refractivity (Wildman–Crippen MR) is 130 cm³/mol. The number of aryl methyl sites for hydroxylation is 1. The van der Waals surface area contributed by atoms with Crippen LogP contribution in [0.5, 0.6) is 11.5 Å². The Bertz CT molecular complexity index is 825. The van der Waals surface area contributed by atoms with Gasteiger partial charge < -0.3 is 20.1 Å². The molecule has 0 saturated carbocycles. The van der Waals surface area contributed by atoms with Crippen molar-refractivity contribution in [2.75, 3.05) is 13.2 Å². The molecule has 0 amide bonds. The van der Waals surface area contributed by atoms with Crippen molar-refractivity contribution in [2.45, 2.75) is 59.7 Å². The minimum absolute atomic E-state index is 0. The average molecular weight is 530 g/mol. The Morgan fingerprint density at radius 1 is 1.31 bits per heavy atom. The zero-order chi connectivity index (χ0) is 19.9. The Balaban J connectivity index is 0.00000300. The lowest BCUT2D eigenvalue weighted by Gasteiger charge is -2.13. The number of nitrogens with zero attached hydrogens (tertiary/aromatic N) is 2. The molecule has 29 heavy (non-hydrogen) atoms. The molecule has 1 atom stereocenters. The SMILES string of the molecule is CCNC(=NCc1cc2c(cc1OCC)CC(C)O2)NCc1csc(CC)n1.I. The van der Waals surface area contributed by atoms with Crippen LogP contribution in [0.1, 0.15) is 49.5 Å². The largest absolute Gasteiger partial charge is 0.494 e. The van der Waals surface area contributed by atoms with E-state index in [0.29, 0.717) is 19.7 Å². The number of nitrogens with one attached hydrogen (secondary N) is 2. The fourth-order valence-corrected chi connectivity index (χ4v) is 3.91. The molecule has 3 rings (SSSR count). The van der Waals surface area contributed by atoms with Gasteiger partial charge in [0.15, 0.2) is 5.96 Å². The van der Waals surface area contributed by atoms with Crippen molar-refractivity contribution in [3.63, 3.8) is 0 Å². The Labute approximate surface area is 194 Å². The quantitative estimate of drug-likeness (QED) is 0.303. The molecule has 160 valence electrons. The number of ether oxygens (including phenoxy) is 2. The third kappa shape index (κ3) is 6.47. The zero-order valence-corrected chi connectivity index (χ0v) is 20.7. The van der Waals surface area contributed by atoms with Crippen molar-refractivity contribution in [2.24, 2.45) is 4.99 Å². The molecule has 1 aliphatic rings. The summed E-state index contributed by atoms with van der Waals surface area (Å²) in [6.45, 7) is 10.9. The topological polar surface area (TPSA) is 67.8 Å². The van der Waals surface area contributed by atoms with E-state index < -0.39 is 0 Å². The Hall–Kier alpha value is -1.55. The van der Waals surface area contributed by atoms with E-state index in [1.165, 1.54) is 5.56 Å². The zero-order valence-electron chi connectivity index (χ0n) is 17.6. The van der Waals surface area contributed by atoms with E-state index >= 15 is 0 Å². The molecule has 0 radical (unpaired) electrons. The summed E-state index contributed by atoms with van der Waals surface area (Å²) in [5.41, 5.74) is 3.29. The lowest BCUT2D eigenvalue weighted by atomic mass is 10.1. The molecule has 0 aliphatic carbocycles. The van der Waals surface area contributed by atoms with E-state index in [9.17, 15) is 0 Å². The standard InChI is InChI=1S/C21H30N4O2S.HI/c1-5-20-25-17(13-28-20)12-24-21(22-6-2)23-11-16-10-19-15(8-14(4)27-19)9-18(16)26-7-3;/h9-10,13-14H,5-8,11-12H2,1-4H3,(H2,22,23,24);1H. The number of aromatic nitrogens is 1. The van der Waals surface area contributed by atoms with E-state index in [2.05, 4.69) is 53.9 Å². The summed E-state index contributed by atoms with van der Waals surface area (Å²) in [5, 5.41) is 9.92. The third-order valence-corrected chi connectivity index (χ3v) is 5.51. The van der Waals surface area contributed by atoms with Gasteiger partial charge in [0, 0.05) is 29.5 Å². The summed E-state index contributed by atoms with van der Waals surface area (Å²) in [7, 11) is 0. The number of aliphatic imine (C=N–C) groups is 1. The molecular weight excluding hydrogens is 499 g/mol. The second-order valence-electron chi connectivity index (χ2n) is 6.77. The second kappa shape index (κ2) is 11.6. The highest BCUT2D eigenvalue weighted by Crippen LogP contribution is 2.35. The van der Waals surface area contributed by atoms with Gasteiger partial charge in [0.05, 0.1) is 30.4 Å². The van der Waals surface area contributed by atoms with Gasteiger partial charge in [-0.25, -0.2) is 9.98 Å². The van der Waals surface area contributed by atoms with Gasteiger partial charge in [-0.15, -0.1) is 35.3 Å². The molecule has 0 bridgehead atoms. The maximum atomic E-state index is 5.91. The summed E-state index contributed by atoms with van der Waals surface area (Å²) >= 11 is 1.70. The fraction of sp³-hybridized carbons (Fsp3) is 0.524. The number of hydrogen-bond acceptors (Lipinski definition) is 5. The van der Waals surface area contributed by atoms with Crippen LogP contribution in [0.4, 0.5) is 0 Å². The number of guanidine groups is 1. The number of benzene rings is 1. The van der Waals surface area contributed by atoms with Gasteiger partial charge in [-0.05, 0) is 39.3 Å². The summed E-state index contributed by atoms with van der Waals surface area (Å²) in [6.07, 6.45) is 2.11. The summed E-state index contributed by atoms with van der Waals surface area (Å²) < 4.78 is 11.8. The predicted octanol–water partition coefficient (Wildman–Crippen LogP) is 4.30. The Morgan fingerprint density at radius 2 is 2.14 bits per heavy atom. The van der Waals surface area contributed by atoms with Gasteiger partial charge in [0.1, 0.15) is 17.6 Å². The normalized spacial score (nSPS) is 15.3. The van der Waals surface area contributed by atoms with E-state index in [1.54, 1.807) is 11.3 Å². The molecule has 1 aliphatic heterocycles. The van der Waals surface area contributed by atoms with Crippen LogP contribution in [-0.4, -0.2) is 30.2 Å². The number of thiazole rings is 1. The van der Waals surface area contributed by atoms with Gasteiger partial charge in [-0.2, -0.15) is 0 Å². The van der Waals surface area contributed by atoms with Crippen molar-refractivity contribution in [1.82, 2.24) is 15.6 Å². The Kier molecular flexibility index (Phi) is 9.48. The number of rotatable bonds is 8. The van der Waals surface area contributed by atoms with Gasteiger partial charge in [-0.3, -0.25) is 0 Å². The molecule has 6 nitrogen and oxygen atoms in total. The number of halogens is 1. The van der Waals surface area contributed by atoms with E-state index in [0.717, 1.165) is 53.1 Å². The van der Waals surface area contributed by atoms with Crippen molar-refractivity contribution in [3.05, 3.63) is 39.3 Å². The van der Waals surface area contributed by atoms with Crippen LogP contribution in [0.2, 0.25) is 0 Å². The fourth-order valence-electron chi connectivity index (χ4n) is 3.17. The van der Waals surface area contributed by atoms with Gasteiger partial charge in [0.25, 0.3) is 0 Å². The van der Waals surface area contributed by atoms with E-state index in [1.807, 2.05) is 6.92 Å². The molecule has 2 heterocycles. The first-order chi connectivity index (χ1) is 13.6. The molecule has 1 aromatic carbocycles. The highest BCUT2D eigenvalue weighted by molar-refractivity contribution is 14.0. The molecule has 0 spiro atoms. The lowest BCUT2D eigenvalue weighted by Crippen LogP contribution is -2.36. The van der Waals surface area contributed by atoms with Gasteiger partial charge >= 0.3 is 0 Å². The first-order valence-corrected chi connectivity index (χ1v) is 10.9. The van der Waals surface area contributed by atoms with Crippen LogP contribution in [0.15, 0.2) is 22.5 Å². The van der Waals surface area contributed by atoms with Crippen LogP contribution in [0.25, 0.3) is 0 Å². The first-order valence-electron chi connectivity index (χ1n) is 10.0. The third-order valence-electron chi connectivity index (χ3n) is 4.47. The van der Waals surface area contributed by atoms with Crippen LogP contribution >= 0.6 is 35.3 Å². The second-order valence-corrected chi connectivity index (χ2v) is 7.71. The lowest BCUT2D eigenvalue weighted by molar-refractivity contribution is 0.254. The number of fused-ring (bicyclic) bond motifs is 1. The van der Waals surface area contributed by atoms with Crippen molar-refractivity contribution >= 4 is 41.3 Å². The summed E-state index contributed by atoms with van der Waals surface area (Å²) in [6, 6.07) is 4.18. The van der Waals surface area contributed by atoms with Crippen molar-refractivity contribution < 1.29 is 9.47 Å². The maximum absolute atomic E-state index is 5.91. The van der Waals surface area contributed by atoms with Crippen LogP contribution in [0.3, 0.4) is 0 Å². The molecule has 1 aromatic heterocycles. The van der Waals surface area contributed by atoms with Crippen LogP contribution in [0, 0.1) is 0 Å². The molecule has 0 saturated heterocycles. The summed E-state index contributed by atoms with van der Waals surface area (Å²) in [5.74, 6) is 2.62. The number of hydrogen-bond donors (Lipinski definition) is 2. The minimum atomic E-state index is 0. The highest BCUT2D eigenvalue weighted by Gasteiger charge is 2.21. The van der Waals surface area contributed by atoms with E-state index in [4.69, 9.17) is 14.5 Å². The molecular formula is C21H31IN4O2S. The molecule has 2 N–H and O–H groups in total. The highest BCUT2D eigenvalue weighted by atomic mass is 127. The van der Waals surface area contributed by atoms with Crippen LogP contribution in [-0.2, 0) is 25.9 Å². The summed E-state index contributed by atoms with van der Waals surface area (Å²) in [4.78, 5) is 9.35. The molecule has 0 fully saturated rings.